The van der Waals surface area contributed by atoms with Gasteiger partial charge in [-0.25, -0.2) is 0 Å². The molecule has 0 bridgehead atoms. The minimum Gasteiger partial charge on any atom is -0.507 e. The molecule has 0 saturated carbocycles. The Hall–Kier alpha value is -3.61. The zero-order chi connectivity index (χ0) is 20.6. The van der Waals surface area contributed by atoms with Gasteiger partial charge in [-0.05, 0) is 49.6 Å². The summed E-state index contributed by atoms with van der Waals surface area (Å²) in [5.41, 5.74) is 1.44. The third-order valence-corrected chi connectivity index (χ3v) is 4.85. The summed E-state index contributed by atoms with van der Waals surface area (Å²) in [6.45, 7) is 2.71. The molecular formula is C21H17NO6. The summed E-state index contributed by atoms with van der Waals surface area (Å²) in [4.78, 5) is 46.9. The van der Waals surface area contributed by atoms with Gasteiger partial charge in [-0.2, -0.15) is 0 Å². The summed E-state index contributed by atoms with van der Waals surface area (Å²) in [5, 5.41) is 21.6. The molecule has 7 nitrogen and oxygen atoms in total. The van der Waals surface area contributed by atoms with Crippen molar-refractivity contribution in [2.45, 2.75) is 20.3 Å². The van der Waals surface area contributed by atoms with Crippen LogP contribution in [0.2, 0.25) is 0 Å². The van der Waals surface area contributed by atoms with Crippen molar-refractivity contribution in [1.82, 2.24) is 0 Å². The van der Waals surface area contributed by atoms with Crippen molar-refractivity contribution in [2.75, 3.05) is 0 Å². The van der Waals surface area contributed by atoms with Crippen molar-refractivity contribution in [2.24, 2.45) is 5.92 Å². The van der Waals surface area contributed by atoms with Gasteiger partial charge in [-0.3, -0.25) is 24.5 Å². The van der Waals surface area contributed by atoms with Crippen LogP contribution in [0.4, 0.5) is 5.69 Å². The van der Waals surface area contributed by atoms with Crippen molar-refractivity contribution in [3.63, 3.8) is 0 Å². The number of aliphatic hydroxyl groups is 1. The summed E-state index contributed by atoms with van der Waals surface area (Å²) < 4.78 is 0. The van der Waals surface area contributed by atoms with Crippen LogP contribution in [0.1, 0.15) is 40.9 Å². The summed E-state index contributed by atoms with van der Waals surface area (Å²) in [7, 11) is 0. The standard InChI is InChI=1S/C21H17NO6/c1-11(23)14-3-4-15-10-17(12(2)24)21(26)19(18(15)9-14)20(25)13-5-7-16(8-6-13)22(27)28/h3-9,17,25H,10H2,1-2H3/b20-19-. The van der Waals surface area contributed by atoms with Gasteiger partial charge < -0.3 is 5.11 Å². The molecule has 142 valence electrons. The van der Waals surface area contributed by atoms with Gasteiger partial charge in [0.25, 0.3) is 5.69 Å². The molecule has 0 spiro atoms. The fourth-order valence-electron chi connectivity index (χ4n) is 3.28. The molecule has 0 amide bonds. The molecule has 1 unspecified atom stereocenters. The first-order chi connectivity index (χ1) is 13.2. The van der Waals surface area contributed by atoms with E-state index in [1.54, 1.807) is 12.1 Å². The number of hydrogen-bond acceptors (Lipinski definition) is 6. The largest absolute Gasteiger partial charge is 0.507 e. The average molecular weight is 379 g/mol. The Kier molecular flexibility index (Phi) is 4.92. The summed E-state index contributed by atoms with van der Waals surface area (Å²) in [6.07, 6.45) is 0.193. The van der Waals surface area contributed by atoms with Crippen molar-refractivity contribution >= 4 is 34.4 Å². The highest BCUT2D eigenvalue weighted by molar-refractivity contribution is 6.33. The predicted molar refractivity (Wildman–Crippen MR) is 102 cm³/mol. The third kappa shape index (κ3) is 3.34. The number of rotatable bonds is 4. The monoisotopic (exact) mass is 379 g/mol. The number of aliphatic hydroxyl groups excluding tert-OH is 1. The molecular weight excluding hydrogens is 362 g/mol. The van der Waals surface area contributed by atoms with E-state index in [-0.39, 0.29) is 40.6 Å². The maximum Gasteiger partial charge on any atom is 0.269 e. The quantitative estimate of drug-likeness (QED) is 0.217. The third-order valence-electron chi connectivity index (χ3n) is 4.85. The minimum absolute atomic E-state index is 0.0570. The van der Waals surface area contributed by atoms with E-state index in [0.717, 1.165) is 0 Å². The number of nitrogens with zero attached hydrogens (tertiary/aromatic N) is 1. The maximum atomic E-state index is 13.0. The fourth-order valence-corrected chi connectivity index (χ4v) is 3.28. The van der Waals surface area contributed by atoms with Crippen LogP contribution in [0.5, 0.6) is 0 Å². The van der Waals surface area contributed by atoms with Gasteiger partial charge in [0.2, 0.25) is 0 Å². The topological polar surface area (TPSA) is 115 Å². The summed E-state index contributed by atoms with van der Waals surface area (Å²) >= 11 is 0. The van der Waals surface area contributed by atoms with Gasteiger partial charge in [0.15, 0.2) is 11.6 Å². The number of non-ortho nitro benzene ring substituents is 1. The molecule has 28 heavy (non-hydrogen) atoms. The van der Waals surface area contributed by atoms with Crippen LogP contribution in [-0.4, -0.2) is 27.4 Å². The molecule has 0 saturated heterocycles. The first-order valence-electron chi connectivity index (χ1n) is 8.57. The van der Waals surface area contributed by atoms with E-state index in [1.165, 1.54) is 44.2 Å². The van der Waals surface area contributed by atoms with E-state index >= 15 is 0 Å². The highest BCUT2D eigenvalue weighted by atomic mass is 16.6. The SMILES string of the molecule is CC(=O)c1ccc2c(c1)/C(=C(/O)c1ccc([N+](=O)[O-])cc1)C(=O)C(C(C)=O)C2. The van der Waals surface area contributed by atoms with Crippen molar-refractivity contribution in [1.29, 1.82) is 0 Å². The van der Waals surface area contributed by atoms with Crippen molar-refractivity contribution in [3.8, 4) is 0 Å². The maximum absolute atomic E-state index is 13.0. The lowest BCUT2D eigenvalue weighted by Gasteiger charge is -2.25. The smallest absolute Gasteiger partial charge is 0.269 e. The first-order valence-corrected chi connectivity index (χ1v) is 8.57. The lowest BCUT2D eigenvalue weighted by molar-refractivity contribution is -0.384. The highest BCUT2D eigenvalue weighted by Gasteiger charge is 2.36. The van der Waals surface area contributed by atoms with Crippen LogP contribution in [0.3, 0.4) is 0 Å². The van der Waals surface area contributed by atoms with E-state index in [9.17, 15) is 29.6 Å². The zero-order valence-electron chi connectivity index (χ0n) is 15.3. The van der Waals surface area contributed by atoms with E-state index in [1.807, 2.05) is 0 Å². The molecule has 7 heteroatoms. The second kappa shape index (κ2) is 7.19. The van der Waals surface area contributed by atoms with Crippen molar-refractivity contribution < 1.29 is 24.4 Å². The lowest BCUT2D eigenvalue weighted by atomic mass is 9.76. The molecule has 1 aliphatic rings. The van der Waals surface area contributed by atoms with E-state index in [4.69, 9.17) is 0 Å². The van der Waals surface area contributed by atoms with Gasteiger partial charge in [-0.15, -0.1) is 0 Å². The molecule has 2 aromatic rings. The fraction of sp³-hybridized carbons (Fsp3) is 0.190. The Morgan fingerprint density at radius 1 is 1.07 bits per heavy atom. The lowest BCUT2D eigenvalue weighted by Crippen LogP contribution is -2.30. The molecule has 1 atom stereocenters. The minimum atomic E-state index is -0.925. The highest BCUT2D eigenvalue weighted by Crippen LogP contribution is 2.37. The zero-order valence-corrected chi connectivity index (χ0v) is 15.3. The van der Waals surface area contributed by atoms with Crippen LogP contribution >= 0.6 is 0 Å². The van der Waals surface area contributed by atoms with Gasteiger partial charge in [0.1, 0.15) is 11.5 Å². The number of carbonyl (C=O) groups excluding carboxylic acids is 3. The van der Waals surface area contributed by atoms with E-state index in [2.05, 4.69) is 0 Å². The Balaban J connectivity index is 2.23. The van der Waals surface area contributed by atoms with Crippen molar-refractivity contribution in [3.05, 3.63) is 74.8 Å². The van der Waals surface area contributed by atoms with Gasteiger partial charge in [0, 0.05) is 23.3 Å². The number of allylic oxidation sites excluding steroid dienone is 1. The van der Waals surface area contributed by atoms with Gasteiger partial charge >= 0.3 is 0 Å². The van der Waals surface area contributed by atoms with Gasteiger partial charge in [0.05, 0.1) is 16.4 Å². The number of fused-ring (bicyclic) bond motifs is 1. The van der Waals surface area contributed by atoms with E-state index in [0.29, 0.717) is 16.7 Å². The second-order valence-corrected chi connectivity index (χ2v) is 6.69. The molecule has 3 rings (SSSR count). The predicted octanol–water partition coefficient (Wildman–Crippen LogP) is 3.55. The normalized spacial score (nSPS) is 17.6. The molecule has 0 aliphatic heterocycles. The van der Waals surface area contributed by atoms with Crippen LogP contribution < -0.4 is 0 Å². The average Bonchev–Trinajstić information content (AvgIpc) is 2.66. The molecule has 0 heterocycles. The molecule has 0 radical (unpaired) electrons. The number of nitro groups is 1. The Morgan fingerprint density at radius 3 is 2.21 bits per heavy atom. The van der Waals surface area contributed by atoms with Crippen LogP contribution in [0, 0.1) is 16.0 Å². The van der Waals surface area contributed by atoms with E-state index < -0.39 is 16.6 Å². The number of nitro benzene ring substituents is 1. The number of hydrogen-bond donors (Lipinski definition) is 1. The van der Waals surface area contributed by atoms with Gasteiger partial charge in [-0.1, -0.05) is 12.1 Å². The molecule has 2 aromatic carbocycles. The second-order valence-electron chi connectivity index (χ2n) is 6.69. The Bertz CT molecular complexity index is 1050. The van der Waals surface area contributed by atoms with Crippen LogP contribution in [0.15, 0.2) is 42.5 Å². The Morgan fingerprint density at radius 2 is 1.68 bits per heavy atom. The van der Waals surface area contributed by atoms with Crippen LogP contribution in [0.25, 0.3) is 11.3 Å². The molecule has 1 N–H and O–H groups in total. The summed E-state index contributed by atoms with van der Waals surface area (Å²) in [5.74, 6) is -2.35. The number of ketones is 3. The number of benzene rings is 2. The number of carbonyl (C=O) groups is 3. The molecule has 0 aromatic heterocycles. The summed E-state index contributed by atoms with van der Waals surface area (Å²) in [6, 6.07) is 9.93. The number of Topliss-reactive ketones (excluding diaryl/α,β-unsaturated/α-hetero) is 3. The van der Waals surface area contributed by atoms with Crippen LogP contribution in [-0.2, 0) is 16.0 Å². The molecule has 0 fully saturated rings. The molecule has 1 aliphatic carbocycles. The first kappa shape index (κ1) is 19.2. The Labute approximate surface area is 160 Å².